The second-order valence-corrected chi connectivity index (χ2v) is 5.45. The molecule has 118 valence electrons. The molecule has 6 heteroatoms. The second kappa shape index (κ2) is 7.17. The van der Waals surface area contributed by atoms with Crippen molar-refractivity contribution in [3.8, 4) is 0 Å². The zero-order valence-electron chi connectivity index (χ0n) is 12.3. The Balaban J connectivity index is 1.80. The summed E-state index contributed by atoms with van der Waals surface area (Å²) >= 11 is 0. The Bertz CT molecular complexity index is 567. The number of nitrogens with one attached hydrogen (secondary N) is 1. The number of halogens is 1. The van der Waals surface area contributed by atoms with Gasteiger partial charge in [-0.15, -0.1) is 0 Å². The molecule has 1 unspecified atom stereocenters. The molecule has 1 aliphatic carbocycles. The van der Waals surface area contributed by atoms with Crippen molar-refractivity contribution >= 4 is 17.5 Å². The van der Waals surface area contributed by atoms with Crippen LogP contribution in [0.3, 0.4) is 0 Å². The maximum absolute atomic E-state index is 12.7. The lowest BCUT2D eigenvalue weighted by Crippen LogP contribution is -2.34. The third kappa shape index (κ3) is 4.96. The van der Waals surface area contributed by atoms with E-state index in [0.29, 0.717) is 11.6 Å². The fourth-order valence-electron chi connectivity index (χ4n) is 1.99. The molecule has 0 aliphatic heterocycles. The summed E-state index contributed by atoms with van der Waals surface area (Å²) in [6.45, 7) is 0.257. The van der Waals surface area contributed by atoms with Gasteiger partial charge in [0.2, 0.25) is 11.8 Å². The Morgan fingerprint density at radius 2 is 2.00 bits per heavy atom. The summed E-state index contributed by atoms with van der Waals surface area (Å²) in [5.41, 5.74) is 0.445. The molecule has 0 spiro atoms. The number of carbonyl (C=O) groups is 2. The molecule has 1 saturated carbocycles. The number of carbonyl (C=O) groups excluding carboxylic acids is 2. The van der Waals surface area contributed by atoms with E-state index in [2.05, 4.69) is 5.32 Å². The van der Waals surface area contributed by atoms with Crippen molar-refractivity contribution in [3.63, 3.8) is 0 Å². The van der Waals surface area contributed by atoms with Gasteiger partial charge in [-0.05, 0) is 43.0 Å². The van der Waals surface area contributed by atoms with Crippen LogP contribution in [0.4, 0.5) is 10.1 Å². The van der Waals surface area contributed by atoms with Crippen LogP contribution in [0.1, 0.15) is 12.8 Å². The zero-order valence-corrected chi connectivity index (χ0v) is 12.3. The Labute approximate surface area is 128 Å². The van der Waals surface area contributed by atoms with Gasteiger partial charge in [0.15, 0.2) is 0 Å². The Kier molecular flexibility index (Phi) is 5.27. The highest BCUT2D eigenvalue weighted by molar-refractivity contribution is 6.03. The first-order valence-corrected chi connectivity index (χ1v) is 7.13. The van der Waals surface area contributed by atoms with Gasteiger partial charge in [0, 0.05) is 31.4 Å². The van der Waals surface area contributed by atoms with Gasteiger partial charge in [-0.1, -0.05) is 0 Å². The number of hydrogen-bond acceptors (Lipinski definition) is 3. The fraction of sp³-hybridized carbons (Fsp3) is 0.375. The molecule has 0 radical (unpaired) electrons. The highest BCUT2D eigenvalue weighted by Crippen LogP contribution is 2.32. The van der Waals surface area contributed by atoms with Crippen LogP contribution in [-0.4, -0.2) is 41.5 Å². The minimum atomic E-state index is -0.504. The fourth-order valence-corrected chi connectivity index (χ4v) is 1.99. The number of benzene rings is 1. The Morgan fingerprint density at radius 3 is 2.59 bits per heavy atom. The predicted octanol–water partition coefficient (Wildman–Crippen LogP) is 1.55. The SMILES string of the molecule is CN(CC(O)C1CC1)C(=O)/C=C/C(=O)Nc1ccc(F)cc1. The number of anilines is 1. The average molecular weight is 306 g/mol. The van der Waals surface area contributed by atoms with Crippen LogP contribution < -0.4 is 5.32 Å². The van der Waals surface area contributed by atoms with E-state index in [1.807, 2.05) is 0 Å². The van der Waals surface area contributed by atoms with Crippen molar-refractivity contribution in [2.75, 3.05) is 18.9 Å². The second-order valence-electron chi connectivity index (χ2n) is 5.45. The van der Waals surface area contributed by atoms with E-state index in [0.717, 1.165) is 25.0 Å². The summed E-state index contributed by atoms with van der Waals surface area (Å²) in [6.07, 6.45) is 3.76. The maximum atomic E-state index is 12.7. The van der Waals surface area contributed by atoms with Crippen molar-refractivity contribution in [2.24, 2.45) is 5.92 Å². The van der Waals surface area contributed by atoms with Gasteiger partial charge in [0.1, 0.15) is 5.82 Å². The van der Waals surface area contributed by atoms with E-state index < -0.39 is 12.0 Å². The molecule has 1 fully saturated rings. The van der Waals surface area contributed by atoms with Gasteiger partial charge in [-0.25, -0.2) is 4.39 Å². The molecule has 0 saturated heterocycles. The van der Waals surface area contributed by atoms with E-state index >= 15 is 0 Å². The first-order chi connectivity index (χ1) is 10.5. The van der Waals surface area contributed by atoms with Crippen LogP contribution in [0, 0.1) is 11.7 Å². The highest BCUT2D eigenvalue weighted by atomic mass is 19.1. The molecular formula is C16H19FN2O3. The Morgan fingerprint density at radius 1 is 1.36 bits per heavy atom. The predicted molar refractivity (Wildman–Crippen MR) is 80.5 cm³/mol. The van der Waals surface area contributed by atoms with E-state index in [1.54, 1.807) is 7.05 Å². The molecule has 1 aliphatic rings. The number of nitrogens with zero attached hydrogens (tertiary/aromatic N) is 1. The third-order valence-corrected chi connectivity index (χ3v) is 3.49. The van der Waals surface area contributed by atoms with Gasteiger partial charge in [-0.3, -0.25) is 9.59 Å². The largest absolute Gasteiger partial charge is 0.391 e. The molecule has 0 aromatic heterocycles. The first kappa shape index (κ1) is 16.2. The highest BCUT2D eigenvalue weighted by Gasteiger charge is 2.30. The minimum absolute atomic E-state index is 0.257. The van der Waals surface area contributed by atoms with Gasteiger partial charge >= 0.3 is 0 Å². The monoisotopic (exact) mass is 306 g/mol. The van der Waals surface area contributed by atoms with Crippen LogP contribution in [0.25, 0.3) is 0 Å². The van der Waals surface area contributed by atoms with E-state index in [-0.39, 0.29) is 18.3 Å². The number of likely N-dealkylation sites (N-methyl/N-ethyl adjacent to an activating group) is 1. The number of hydrogen-bond donors (Lipinski definition) is 2. The van der Waals surface area contributed by atoms with Gasteiger partial charge in [0.25, 0.3) is 0 Å². The third-order valence-electron chi connectivity index (χ3n) is 3.49. The average Bonchev–Trinajstić information content (AvgIpc) is 3.31. The summed E-state index contributed by atoms with van der Waals surface area (Å²) in [7, 11) is 1.58. The summed E-state index contributed by atoms with van der Waals surface area (Å²) in [6, 6.07) is 5.33. The number of aliphatic hydroxyl groups excluding tert-OH is 1. The van der Waals surface area contributed by atoms with Crippen LogP contribution in [0.5, 0.6) is 0 Å². The molecule has 1 aromatic carbocycles. The van der Waals surface area contributed by atoms with Gasteiger partial charge < -0.3 is 15.3 Å². The topological polar surface area (TPSA) is 69.6 Å². The summed E-state index contributed by atoms with van der Waals surface area (Å²) in [5, 5.41) is 12.3. The molecule has 2 rings (SSSR count). The number of amides is 2. The Hall–Kier alpha value is -2.21. The van der Waals surface area contributed by atoms with Crippen molar-refractivity contribution < 1.29 is 19.1 Å². The van der Waals surface area contributed by atoms with Crippen LogP contribution >= 0.6 is 0 Å². The lowest BCUT2D eigenvalue weighted by atomic mass is 10.2. The van der Waals surface area contributed by atoms with E-state index in [9.17, 15) is 19.1 Å². The molecular weight excluding hydrogens is 287 g/mol. The smallest absolute Gasteiger partial charge is 0.248 e. The summed E-state index contributed by atoms with van der Waals surface area (Å²) < 4.78 is 12.7. The molecule has 2 amide bonds. The number of aliphatic hydroxyl groups is 1. The van der Waals surface area contributed by atoms with Crippen molar-refractivity contribution in [1.29, 1.82) is 0 Å². The first-order valence-electron chi connectivity index (χ1n) is 7.13. The van der Waals surface area contributed by atoms with Crippen LogP contribution in [-0.2, 0) is 9.59 Å². The standard InChI is InChI=1S/C16H19FN2O3/c1-19(10-14(20)11-2-3-11)16(22)9-8-15(21)18-13-6-4-12(17)5-7-13/h4-9,11,14,20H,2-3,10H2,1H3,(H,18,21)/b9-8+. The lowest BCUT2D eigenvalue weighted by molar-refractivity contribution is -0.126. The molecule has 22 heavy (non-hydrogen) atoms. The van der Waals surface area contributed by atoms with Gasteiger partial charge in [-0.2, -0.15) is 0 Å². The lowest BCUT2D eigenvalue weighted by Gasteiger charge is -2.19. The number of rotatable bonds is 6. The van der Waals surface area contributed by atoms with Crippen molar-refractivity contribution in [2.45, 2.75) is 18.9 Å². The van der Waals surface area contributed by atoms with Crippen LogP contribution in [0.2, 0.25) is 0 Å². The van der Waals surface area contributed by atoms with Crippen molar-refractivity contribution in [3.05, 3.63) is 42.2 Å². The summed E-state index contributed by atoms with van der Waals surface area (Å²) in [5.74, 6) is -0.925. The molecule has 2 N–H and O–H groups in total. The molecule has 5 nitrogen and oxygen atoms in total. The normalized spacial score (nSPS) is 15.6. The minimum Gasteiger partial charge on any atom is -0.391 e. The quantitative estimate of drug-likeness (QED) is 0.784. The van der Waals surface area contributed by atoms with Crippen LogP contribution in [0.15, 0.2) is 36.4 Å². The van der Waals surface area contributed by atoms with Crippen molar-refractivity contribution in [1.82, 2.24) is 4.90 Å². The summed E-state index contributed by atoms with van der Waals surface area (Å²) in [4.78, 5) is 24.9. The maximum Gasteiger partial charge on any atom is 0.248 e. The molecule has 0 heterocycles. The van der Waals surface area contributed by atoms with E-state index in [1.165, 1.54) is 29.2 Å². The molecule has 1 aromatic rings. The van der Waals surface area contributed by atoms with E-state index in [4.69, 9.17) is 0 Å². The molecule has 0 bridgehead atoms. The zero-order chi connectivity index (χ0) is 16.1. The van der Waals surface area contributed by atoms with Gasteiger partial charge in [0.05, 0.1) is 6.10 Å². The molecule has 1 atom stereocenters.